The topological polar surface area (TPSA) is 130 Å². The molecule has 0 atom stereocenters. The van der Waals surface area contributed by atoms with Crippen LogP contribution in [0.25, 0.3) is 0 Å². The van der Waals surface area contributed by atoms with Gasteiger partial charge in [0.1, 0.15) is 11.5 Å². The highest BCUT2D eigenvalue weighted by molar-refractivity contribution is 6.30. The number of phenols is 2. The number of fused-ring (bicyclic) bond motifs is 2. The Hall–Kier alpha value is -4.20. The van der Waals surface area contributed by atoms with E-state index in [0.717, 1.165) is 12.1 Å². The molecule has 8 heteroatoms. The number of nitrogens with zero attached hydrogens (tertiary/aromatic N) is 1. The zero-order valence-corrected chi connectivity index (χ0v) is 14.2. The Labute approximate surface area is 157 Å². The number of carbonyl (C=O) groups is 2. The lowest BCUT2D eigenvalue weighted by atomic mass is 9.83. The molecule has 3 aromatic carbocycles. The SMILES string of the molecule is O=C1c2ccc(Nc3ccc([N+](=O)[O-])cc3)cc2C(=O)c2c(O)ccc(O)c21. The summed E-state index contributed by atoms with van der Waals surface area (Å²) in [4.78, 5) is 35.7. The van der Waals surface area contributed by atoms with Gasteiger partial charge in [-0.05, 0) is 42.5 Å². The van der Waals surface area contributed by atoms with Crippen molar-refractivity contribution >= 4 is 28.6 Å². The summed E-state index contributed by atoms with van der Waals surface area (Å²) in [6.45, 7) is 0. The van der Waals surface area contributed by atoms with Crippen molar-refractivity contribution in [3.63, 3.8) is 0 Å². The molecular weight excluding hydrogens is 364 g/mol. The second-order valence-electron chi connectivity index (χ2n) is 6.20. The summed E-state index contributed by atoms with van der Waals surface area (Å²) in [5.41, 5.74) is 0.748. The fraction of sp³-hybridized carbons (Fsp3) is 0. The highest BCUT2D eigenvalue weighted by atomic mass is 16.6. The lowest BCUT2D eigenvalue weighted by Gasteiger charge is -2.20. The number of phenolic OH excluding ortho intramolecular Hbond substituents is 2. The first-order valence-electron chi connectivity index (χ1n) is 8.16. The predicted octanol–water partition coefficient (Wildman–Crippen LogP) is 3.53. The molecule has 3 N–H and O–H groups in total. The molecule has 4 rings (SSSR count). The summed E-state index contributed by atoms with van der Waals surface area (Å²) in [6, 6.07) is 12.5. The maximum absolute atomic E-state index is 12.8. The number of nitro groups is 1. The standard InChI is InChI=1S/C20H12N2O6/c23-15-7-8-16(24)18-17(15)19(25)13-6-3-11(9-14(13)20(18)26)21-10-1-4-12(5-2-10)22(27)28/h1-9,21,23-24H. The quantitative estimate of drug-likeness (QED) is 0.283. The van der Waals surface area contributed by atoms with Crippen LogP contribution < -0.4 is 5.32 Å². The van der Waals surface area contributed by atoms with Crippen LogP contribution in [0.1, 0.15) is 31.8 Å². The van der Waals surface area contributed by atoms with E-state index in [9.17, 15) is 29.9 Å². The molecule has 0 unspecified atom stereocenters. The zero-order valence-electron chi connectivity index (χ0n) is 14.2. The van der Waals surface area contributed by atoms with Gasteiger partial charge in [0.2, 0.25) is 0 Å². The van der Waals surface area contributed by atoms with E-state index >= 15 is 0 Å². The largest absolute Gasteiger partial charge is 0.507 e. The molecule has 0 aliphatic heterocycles. The summed E-state index contributed by atoms with van der Waals surface area (Å²) in [5, 5.41) is 33.7. The van der Waals surface area contributed by atoms with E-state index in [-0.39, 0.29) is 39.4 Å². The highest BCUT2D eigenvalue weighted by Crippen LogP contribution is 2.38. The summed E-state index contributed by atoms with van der Waals surface area (Å²) in [6.07, 6.45) is 0. The van der Waals surface area contributed by atoms with Gasteiger partial charge in [-0.1, -0.05) is 0 Å². The number of ketones is 2. The molecule has 0 saturated heterocycles. The van der Waals surface area contributed by atoms with Gasteiger partial charge in [-0.2, -0.15) is 0 Å². The van der Waals surface area contributed by atoms with E-state index < -0.39 is 16.5 Å². The summed E-state index contributed by atoms with van der Waals surface area (Å²) < 4.78 is 0. The number of benzene rings is 3. The van der Waals surface area contributed by atoms with Crippen molar-refractivity contribution in [2.24, 2.45) is 0 Å². The number of carbonyl (C=O) groups excluding carboxylic acids is 2. The van der Waals surface area contributed by atoms with Crippen LogP contribution in [0.5, 0.6) is 11.5 Å². The van der Waals surface area contributed by atoms with Crippen molar-refractivity contribution in [2.75, 3.05) is 5.32 Å². The van der Waals surface area contributed by atoms with Crippen molar-refractivity contribution < 1.29 is 24.7 Å². The number of nitro benzene ring substituents is 1. The molecule has 28 heavy (non-hydrogen) atoms. The first-order chi connectivity index (χ1) is 13.4. The second-order valence-corrected chi connectivity index (χ2v) is 6.20. The first kappa shape index (κ1) is 17.2. The van der Waals surface area contributed by atoms with Gasteiger partial charge in [-0.25, -0.2) is 0 Å². The molecule has 0 radical (unpaired) electrons. The summed E-state index contributed by atoms with van der Waals surface area (Å²) in [5.74, 6) is -1.89. The van der Waals surface area contributed by atoms with Gasteiger partial charge < -0.3 is 15.5 Å². The van der Waals surface area contributed by atoms with E-state index in [1.807, 2.05) is 0 Å². The van der Waals surface area contributed by atoms with E-state index in [1.165, 1.54) is 36.4 Å². The monoisotopic (exact) mass is 376 g/mol. The molecule has 0 saturated carbocycles. The molecule has 0 spiro atoms. The average Bonchev–Trinajstić information content (AvgIpc) is 2.68. The minimum atomic E-state index is -0.578. The van der Waals surface area contributed by atoms with Crippen LogP contribution in [0.2, 0.25) is 0 Å². The molecule has 0 bridgehead atoms. The van der Waals surface area contributed by atoms with Crippen molar-refractivity contribution in [1.82, 2.24) is 0 Å². The Morgan fingerprint density at radius 1 is 0.750 bits per heavy atom. The van der Waals surface area contributed by atoms with Gasteiger partial charge in [0.05, 0.1) is 16.1 Å². The van der Waals surface area contributed by atoms with E-state index in [0.29, 0.717) is 11.4 Å². The van der Waals surface area contributed by atoms with Crippen LogP contribution in [-0.2, 0) is 0 Å². The summed E-state index contributed by atoms with van der Waals surface area (Å²) >= 11 is 0. The molecule has 3 aromatic rings. The highest BCUT2D eigenvalue weighted by Gasteiger charge is 2.34. The van der Waals surface area contributed by atoms with E-state index in [2.05, 4.69) is 5.32 Å². The Morgan fingerprint density at radius 2 is 1.29 bits per heavy atom. The van der Waals surface area contributed by atoms with Gasteiger partial charge in [0, 0.05) is 34.6 Å². The van der Waals surface area contributed by atoms with Crippen molar-refractivity contribution in [3.8, 4) is 11.5 Å². The average molecular weight is 376 g/mol. The Bertz CT molecular complexity index is 1170. The van der Waals surface area contributed by atoms with Gasteiger partial charge in [0.15, 0.2) is 11.6 Å². The molecular formula is C20H12N2O6. The maximum Gasteiger partial charge on any atom is 0.269 e. The first-order valence-corrected chi connectivity index (χ1v) is 8.16. The lowest BCUT2D eigenvalue weighted by molar-refractivity contribution is -0.384. The van der Waals surface area contributed by atoms with E-state index in [1.54, 1.807) is 6.07 Å². The number of hydrogen-bond donors (Lipinski definition) is 3. The van der Waals surface area contributed by atoms with Crippen molar-refractivity contribution in [3.05, 3.63) is 87.0 Å². The zero-order chi connectivity index (χ0) is 20.0. The number of nitrogens with one attached hydrogen (secondary N) is 1. The molecule has 138 valence electrons. The number of hydrogen-bond acceptors (Lipinski definition) is 7. The minimum absolute atomic E-state index is 0.0522. The molecule has 0 heterocycles. The van der Waals surface area contributed by atoms with Crippen LogP contribution in [0.4, 0.5) is 17.1 Å². The molecule has 1 aliphatic carbocycles. The number of rotatable bonds is 3. The fourth-order valence-corrected chi connectivity index (χ4v) is 3.15. The molecule has 0 amide bonds. The smallest absolute Gasteiger partial charge is 0.269 e. The molecule has 8 nitrogen and oxygen atoms in total. The molecule has 0 fully saturated rings. The van der Waals surface area contributed by atoms with Crippen LogP contribution in [-0.4, -0.2) is 26.7 Å². The van der Waals surface area contributed by atoms with Crippen LogP contribution in [0, 0.1) is 10.1 Å². The van der Waals surface area contributed by atoms with Gasteiger partial charge in [-0.15, -0.1) is 0 Å². The molecule has 1 aliphatic rings. The maximum atomic E-state index is 12.8. The normalized spacial score (nSPS) is 12.3. The van der Waals surface area contributed by atoms with Gasteiger partial charge in [0.25, 0.3) is 5.69 Å². The van der Waals surface area contributed by atoms with Crippen LogP contribution in [0.15, 0.2) is 54.6 Å². The minimum Gasteiger partial charge on any atom is -0.507 e. The van der Waals surface area contributed by atoms with Gasteiger partial charge in [-0.3, -0.25) is 19.7 Å². The predicted molar refractivity (Wildman–Crippen MR) is 99.5 cm³/mol. The summed E-state index contributed by atoms with van der Waals surface area (Å²) in [7, 11) is 0. The Balaban J connectivity index is 1.73. The Kier molecular flexibility index (Phi) is 3.82. The second kappa shape index (κ2) is 6.20. The third kappa shape index (κ3) is 2.64. The number of aromatic hydroxyl groups is 2. The van der Waals surface area contributed by atoms with Crippen LogP contribution >= 0.6 is 0 Å². The van der Waals surface area contributed by atoms with E-state index in [4.69, 9.17) is 0 Å². The van der Waals surface area contributed by atoms with Gasteiger partial charge >= 0.3 is 0 Å². The van der Waals surface area contributed by atoms with Crippen LogP contribution in [0.3, 0.4) is 0 Å². The number of anilines is 2. The third-order valence-corrected chi connectivity index (χ3v) is 4.49. The lowest BCUT2D eigenvalue weighted by Crippen LogP contribution is -2.21. The third-order valence-electron chi connectivity index (χ3n) is 4.49. The fourth-order valence-electron chi connectivity index (χ4n) is 3.15. The molecule has 0 aromatic heterocycles. The number of non-ortho nitro benzene ring substituents is 1. The van der Waals surface area contributed by atoms with Crippen molar-refractivity contribution in [1.29, 1.82) is 0 Å². The van der Waals surface area contributed by atoms with Crippen molar-refractivity contribution in [2.45, 2.75) is 0 Å². The Morgan fingerprint density at radius 3 is 1.86 bits per heavy atom.